The number of anilines is 2. The lowest BCUT2D eigenvalue weighted by molar-refractivity contribution is -0.0383. The first-order chi connectivity index (χ1) is 18.0. The van der Waals surface area contributed by atoms with Crippen LogP contribution in [0.5, 0.6) is 0 Å². The molecular weight excluding hydrogens is 523 g/mol. The van der Waals surface area contributed by atoms with E-state index >= 15 is 0 Å². The minimum absolute atomic E-state index is 0.0653. The number of nitrogens with zero attached hydrogens (tertiary/aromatic N) is 4. The van der Waals surface area contributed by atoms with Gasteiger partial charge in [0.05, 0.1) is 19.0 Å². The second kappa shape index (κ2) is 10.7. The molecule has 0 aliphatic carbocycles. The van der Waals surface area contributed by atoms with Crippen molar-refractivity contribution in [2.45, 2.75) is 110 Å². The van der Waals surface area contributed by atoms with Crippen LogP contribution in [0.1, 0.15) is 59.8 Å². The fraction of sp³-hybridized carbons (Fsp3) is 0.621. The van der Waals surface area contributed by atoms with Gasteiger partial charge >= 0.3 is 0 Å². The topological polar surface area (TPSA) is 83.3 Å². The third kappa shape index (κ3) is 6.30. The van der Waals surface area contributed by atoms with Crippen LogP contribution in [0.25, 0.3) is 11.2 Å². The van der Waals surface area contributed by atoms with E-state index in [4.69, 9.17) is 18.6 Å². The first-order valence-corrected chi connectivity index (χ1v) is 19.8. The number of rotatable bonds is 8. The molecule has 1 saturated heterocycles. The molecular formula is C29H47N5O3Si2. The Bertz CT molecular complexity index is 1300. The smallest absolute Gasteiger partial charge is 0.192 e. The van der Waals surface area contributed by atoms with Gasteiger partial charge in [0, 0.05) is 12.1 Å². The maximum absolute atomic E-state index is 6.95. The Hall–Kier alpha value is -2.12. The predicted octanol–water partition coefficient (Wildman–Crippen LogP) is 7.58. The predicted molar refractivity (Wildman–Crippen MR) is 164 cm³/mol. The molecule has 214 valence electrons. The van der Waals surface area contributed by atoms with Crippen molar-refractivity contribution in [2.75, 3.05) is 11.9 Å². The van der Waals surface area contributed by atoms with Gasteiger partial charge in [0.2, 0.25) is 0 Å². The molecule has 10 heteroatoms. The highest BCUT2D eigenvalue weighted by Gasteiger charge is 2.46. The summed E-state index contributed by atoms with van der Waals surface area (Å²) < 4.78 is 22.3. The highest BCUT2D eigenvalue weighted by atomic mass is 28.4. The summed E-state index contributed by atoms with van der Waals surface area (Å²) in [4.78, 5) is 13.8. The first kappa shape index (κ1) is 29.9. The standard InChI is InChI=1S/C29H47N5O3Si2/c1-20-14-12-13-15-21(20)33-26-25-27(31-18-30-26)34(19-32-25)24-16-22(37-39(10,11)29(5,6)7)23(36-24)17-35-38(8,9)28(2,3)4/h12-15,18-19,22-24H,16-17H2,1-11H3,(H,30,31,33)/t22-,23+,24+/m0/s1. The largest absolute Gasteiger partial charge is 0.414 e. The number of aryl methyl sites for hydroxylation is 1. The van der Waals surface area contributed by atoms with Gasteiger partial charge in [0.1, 0.15) is 18.7 Å². The zero-order valence-electron chi connectivity index (χ0n) is 25.6. The summed E-state index contributed by atoms with van der Waals surface area (Å²) in [7, 11) is -3.98. The van der Waals surface area contributed by atoms with E-state index in [1.807, 2.05) is 29.1 Å². The van der Waals surface area contributed by atoms with Gasteiger partial charge in [-0.25, -0.2) is 15.0 Å². The molecule has 1 aliphatic heterocycles. The van der Waals surface area contributed by atoms with E-state index in [2.05, 4.69) is 96.0 Å². The number of aromatic nitrogens is 4. The maximum Gasteiger partial charge on any atom is 0.192 e. The van der Waals surface area contributed by atoms with Crippen LogP contribution in [-0.4, -0.2) is 55.0 Å². The fourth-order valence-electron chi connectivity index (χ4n) is 4.20. The molecule has 1 aliphatic rings. The first-order valence-electron chi connectivity index (χ1n) is 14.0. The third-order valence-corrected chi connectivity index (χ3v) is 17.9. The van der Waals surface area contributed by atoms with Crippen molar-refractivity contribution < 1.29 is 13.6 Å². The summed E-state index contributed by atoms with van der Waals surface area (Å²) in [6, 6.07) is 8.14. The lowest BCUT2D eigenvalue weighted by Gasteiger charge is -2.40. The number of para-hydroxylation sites is 1. The second-order valence-electron chi connectivity index (χ2n) is 13.8. The van der Waals surface area contributed by atoms with Crippen LogP contribution in [-0.2, 0) is 13.6 Å². The van der Waals surface area contributed by atoms with Gasteiger partial charge in [-0.2, -0.15) is 0 Å². The van der Waals surface area contributed by atoms with E-state index in [-0.39, 0.29) is 28.5 Å². The Morgan fingerprint density at radius 3 is 2.28 bits per heavy atom. The minimum atomic E-state index is -2.03. The summed E-state index contributed by atoms with van der Waals surface area (Å²) in [5.74, 6) is 0.679. The van der Waals surface area contributed by atoms with E-state index in [0.717, 1.165) is 16.9 Å². The molecule has 3 atom stereocenters. The zero-order valence-corrected chi connectivity index (χ0v) is 27.6. The quantitative estimate of drug-likeness (QED) is 0.280. The molecule has 3 heterocycles. The van der Waals surface area contributed by atoms with E-state index < -0.39 is 16.6 Å². The van der Waals surface area contributed by atoms with Crippen molar-refractivity contribution in [2.24, 2.45) is 0 Å². The average molecular weight is 570 g/mol. The van der Waals surface area contributed by atoms with E-state index in [1.54, 1.807) is 6.33 Å². The van der Waals surface area contributed by atoms with Crippen LogP contribution < -0.4 is 5.32 Å². The van der Waals surface area contributed by atoms with Crippen molar-refractivity contribution in [1.82, 2.24) is 19.5 Å². The van der Waals surface area contributed by atoms with Crippen molar-refractivity contribution in [3.05, 3.63) is 42.5 Å². The lowest BCUT2D eigenvalue weighted by Crippen LogP contribution is -2.48. The molecule has 0 radical (unpaired) electrons. The highest BCUT2D eigenvalue weighted by Crippen LogP contribution is 2.43. The molecule has 0 spiro atoms. The van der Waals surface area contributed by atoms with Gasteiger partial charge in [-0.3, -0.25) is 4.57 Å². The second-order valence-corrected chi connectivity index (χ2v) is 23.4. The van der Waals surface area contributed by atoms with Crippen LogP contribution in [0.2, 0.25) is 36.3 Å². The van der Waals surface area contributed by atoms with Gasteiger partial charge in [-0.1, -0.05) is 59.7 Å². The van der Waals surface area contributed by atoms with Gasteiger partial charge in [-0.15, -0.1) is 0 Å². The molecule has 1 N–H and O–H groups in total. The molecule has 0 unspecified atom stereocenters. The van der Waals surface area contributed by atoms with Gasteiger partial charge < -0.3 is 18.9 Å². The average Bonchev–Trinajstić information content (AvgIpc) is 3.42. The number of nitrogens with one attached hydrogen (secondary N) is 1. The number of benzene rings is 1. The van der Waals surface area contributed by atoms with Gasteiger partial charge in [0.15, 0.2) is 33.6 Å². The van der Waals surface area contributed by atoms with Gasteiger partial charge in [0.25, 0.3) is 0 Å². The Labute approximate surface area is 236 Å². The molecule has 0 amide bonds. The monoisotopic (exact) mass is 569 g/mol. The molecule has 0 saturated carbocycles. The summed E-state index contributed by atoms with van der Waals surface area (Å²) in [5, 5.41) is 3.66. The van der Waals surface area contributed by atoms with Crippen molar-refractivity contribution in [3.8, 4) is 0 Å². The van der Waals surface area contributed by atoms with Crippen LogP contribution >= 0.6 is 0 Å². The summed E-state index contributed by atoms with van der Waals surface area (Å²) in [6.45, 7) is 25.4. The molecule has 1 fully saturated rings. The summed E-state index contributed by atoms with van der Waals surface area (Å²) in [6.07, 6.45) is 3.63. The summed E-state index contributed by atoms with van der Waals surface area (Å²) >= 11 is 0. The molecule has 4 rings (SSSR count). The minimum Gasteiger partial charge on any atom is -0.414 e. The molecule has 2 aromatic heterocycles. The normalized spacial score (nSPS) is 21.1. The zero-order chi connectivity index (χ0) is 28.8. The lowest BCUT2D eigenvalue weighted by atomic mass is 10.2. The van der Waals surface area contributed by atoms with Crippen LogP contribution in [0.15, 0.2) is 36.9 Å². The number of fused-ring (bicyclic) bond motifs is 1. The van der Waals surface area contributed by atoms with Crippen molar-refractivity contribution in [3.63, 3.8) is 0 Å². The number of ether oxygens (including phenoxy) is 1. The number of hydrogen-bond donors (Lipinski definition) is 1. The van der Waals surface area contributed by atoms with Crippen LogP contribution in [0.3, 0.4) is 0 Å². The van der Waals surface area contributed by atoms with E-state index in [9.17, 15) is 0 Å². The van der Waals surface area contributed by atoms with Crippen molar-refractivity contribution in [1.29, 1.82) is 0 Å². The molecule has 8 nitrogen and oxygen atoms in total. The van der Waals surface area contributed by atoms with E-state index in [0.29, 0.717) is 24.4 Å². The summed E-state index contributed by atoms with van der Waals surface area (Å²) in [5.41, 5.74) is 3.59. The molecule has 39 heavy (non-hydrogen) atoms. The Morgan fingerprint density at radius 1 is 0.974 bits per heavy atom. The molecule has 0 bridgehead atoms. The Kier molecular flexibility index (Phi) is 8.19. The maximum atomic E-state index is 6.95. The third-order valence-electron chi connectivity index (χ3n) is 8.91. The van der Waals surface area contributed by atoms with Crippen molar-refractivity contribution >= 4 is 39.3 Å². The van der Waals surface area contributed by atoms with Crippen LogP contribution in [0, 0.1) is 6.92 Å². The Balaban J connectivity index is 1.62. The SMILES string of the molecule is Cc1ccccc1Nc1ncnc2c1ncn2[C@H]1C[C@H](O[Si](C)(C)C(C)(C)C)[C@@H](CO[Si](C)(C)C(C)(C)C)O1. The molecule has 3 aromatic rings. The molecule has 1 aromatic carbocycles. The number of hydrogen-bond acceptors (Lipinski definition) is 7. The fourth-order valence-corrected chi connectivity index (χ4v) is 6.57. The number of imidazole rings is 1. The highest BCUT2D eigenvalue weighted by molar-refractivity contribution is 6.74. The van der Waals surface area contributed by atoms with E-state index in [1.165, 1.54) is 0 Å². The Morgan fingerprint density at radius 2 is 1.64 bits per heavy atom. The van der Waals surface area contributed by atoms with Crippen LogP contribution in [0.4, 0.5) is 11.5 Å². The van der Waals surface area contributed by atoms with Gasteiger partial charge in [-0.05, 0) is 54.8 Å².